The Bertz CT molecular complexity index is 498. The number of rotatable bonds is 3. The molecule has 0 spiro atoms. The molecule has 6 heteroatoms. The van der Waals surface area contributed by atoms with Gasteiger partial charge in [0.25, 0.3) is 11.8 Å². The minimum absolute atomic E-state index is 0.144. The van der Waals surface area contributed by atoms with Crippen molar-refractivity contribution >= 4 is 17.8 Å². The molecule has 6 nitrogen and oxygen atoms in total. The number of guanidine groups is 1. The molecule has 0 radical (unpaired) electrons. The zero-order valence-electron chi connectivity index (χ0n) is 9.96. The van der Waals surface area contributed by atoms with Gasteiger partial charge in [0.2, 0.25) is 5.96 Å². The first-order chi connectivity index (χ1) is 8.58. The number of nitrogens with two attached hydrogens (primary N) is 1. The molecule has 1 aliphatic heterocycles. The lowest BCUT2D eigenvalue weighted by atomic mass is 10.1. The Morgan fingerprint density at radius 2 is 2.00 bits per heavy atom. The maximum Gasteiger partial charge on any atom is 0.275 e. The number of nitrogens with one attached hydrogen (secondary N) is 1. The van der Waals surface area contributed by atoms with Gasteiger partial charge in [-0.1, -0.05) is 30.3 Å². The Morgan fingerprint density at radius 3 is 2.61 bits per heavy atom. The molecule has 1 unspecified atom stereocenters. The first kappa shape index (κ1) is 12.3. The van der Waals surface area contributed by atoms with Gasteiger partial charge in [0, 0.05) is 6.54 Å². The van der Waals surface area contributed by atoms with Crippen LogP contribution in [0, 0.1) is 0 Å². The van der Waals surface area contributed by atoms with Gasteiger partial charge in [-0.05, 0) is 12.6 Å². The van der Waals surface area contributed by atoms with E-state index in [0.29, 0.717) is 6.54 Å². The zero-order valence-corrected chi connectivity index (χ0v) is 9.96. The number of likely N-dealkylation sites (N-methyl/N-ethyl adjacent to an activating group) is 1. The van der Waals surface area contributed by atoms with Crippen LogP contribution in [-0.2, 0) is 16.1 Å². The summed E-state index contributed by atoms with van der Waals surface area (Å²) in [5.41, 5.74) is 6.33. The van der Waals surface area contributed by atoms with Crippen molar-refractivity contribution in [3.8, 4) is 0 Å². The molecule has 1 aromatic carbocycles. The summed E-state index contributed by atoms with van der Waals surface area (Å²) < 4.78 is 0. The van der Waals surface area contributed by atoms with E-state index in [1.807, 2.05) is 30.3 Å². The largest absolute Gasteiger partial charge is 0.369 e. The van der Waals surface area contributed by atoms with Crippen LogP contribution in [0.15, 0.2) is 35.3 Å². The Labute approximate surface area is 104 Å². The van der Waals surface area contributed by atoms with Gasteiger partial charge in [0.15, 0.2) is 6.04 Å². The van der Waals surface area contributed by atoms with E-state index in [-0.39, 0.29) is 5.96 Å². The molecule has 0 aromatic heterocycles. The second-order valence-corrected chi connectivity index (χ2v) is 4.13. The lowest BCUT2D eigenvalue weighted by Crippen LogP contribution is -2.56. The molecular weight excluding hydrogens is 232 g/mol. The first-order valence-corrected chi connectivity index (χ1v) is 5.51. The highest BCUT2D eigenvalue weighted by atomic mass is 16.2. The fourth-order valence-corrected chi connectivity index (χ4v) is 1.87. The molecule has 0 saturated carbocycles. The summed E-state index contributed by atoms with van der Waals surface area (Å²) in [5, 5.41) is 2.35. The normalized spacial score (nSPS) is 19.7. The molecule has 2 amide bonds. The number of nitrogens with zero attached hydrogens (tertiary/aromatic N) is 2. The number of aliphatic imine (C=N–C) groups is 1. The van der Waals surface area contributed by atoms with Crippen LogP contribution in [0.3, 0.4) is 0 Å². The second-order valence-electron chi connectivity index (χ2n) is 4.13. The topological polar surface area (TPSA) is 87.8 Å². The molecule has 1 atom stereocenters. The van der Waals surface area contributed by atoms with Crippen molar-refractivity contribution in [1.29, 1.82) is 0 Å². The minimum Gasteiger partial charge on any atom is -0.369 e. The predicted octanol–water partition coefficient (Wildman–Crippen LogP) is -0.542. The monoisotopic (exact) mass is 246 g/mol. The fourth-order valence-electron chi connectivity index (χ4n) is 1.87. The number of amides is 2. The van der Waals surface area contributed by atoms with Gasteiger partial charge in [-0.3, -0.25) is 19.8 Å². The molecule has 0 saturated heterocycles. The second kappa shape index (κ2) is 4.97. The number of hydrogen-bond donors (Lipinski definition) is 2. The standard InChI is InChI=1S/C12H14N4O2/c1-16(7-8-5-3-2-4-6-8)9-10(17)14-12(13)15-11(9)18/h2-6,9H,7H2,1H3,(H3,13,14,15,17,18). The number of carbonyl (C=O) groups excluding carboxylic acids is 2. The maximum absolute atomic E-state index is 11.7. The lowest BCUT2D eigenvalue weighted by molar-refractivity contribution is -0.135. The molecule has 1 aromatic rings. The average Bonchev–Trinajstić information content (AvgIpc) is 2.28. The molecule has 1 heterocycles. The van der Waals surface area contributed by atoms with Gasteiger partial charge >= 0.3 is 0 Å². The molecule has 0 fully saturated rings. The van der Waals surface area contributed by atoms with Crippen molar-refractivity contribution in [2.24, 2.45) is 10.7 Å². The molecule has 18 heavy (non-hydrogen) atoms. The number of hydrogen-bond acceptors (Lipinski definition) is 4. The van der Waals surface area contributed by atoms with Crippen molar-refractivity contribution < 1.29 is 9.59 Å². The van der Waals surface area contributed by atoms with Crippen LogP contribution in [0.2, 0.25) is 0 Å². The van der Waals surface area contributed by atoms with Crippen LogP contribution in [-0.4, -0.2) is 35.8 Å². The summed E-state index contributed by atoms with van der Waals surface area (Å²) in [6.07, 6.45) is 0. The van der Waals surface area contributed by atoms with Gasteiger partial charge in [-0.25, -0.2) is 0 Å². The van der Waals surface area contributed by atoms with Gasteiger partial charge in [-0.15, -0.1) is 0 Å². The Balaban J connectivity index is 2.12. The third kappa shape index (κ3) is 2.54. The van der Waals surface area contributed by atoms with E-state index >= 15 is 0 Å². The minimum atomic E-state index is -0.919. The van der Waals surface area contributed by atoms with Crippen LogP contribution in [0.5, 0.6) is 0 Å². The highest BCUT2D eigenvalue weighted by Crippen LogP contribution is 2.09. The molecule has 94 valence electrons. The summed E-state index contributed by atoms with van der Waals surface area (Å²) in [5.74, 6) is -1.12. The Morgan fingerprint density at radius 1 is 1.33 bits per heavy atom. The fraction of sp³-hybridized carbons (Fsp3) is 0.250. The third-order valence-corrected chi connectivity index (χ3v) is 2.68. The van der Waals surface area contributed by atoms with Crippen LogP contribution in [0.1, 0.15) is 5.56 Å². The highest BCUT2D eigenvalue weighted by Gasteiger charge is 2.34. The maximum atomic E-state index is 11.7. The SMILES string of the molecule is CN(Cc1ccccc1)C1C(=O)N=C(N)NC1=O. The summed E-state index contributed by atoms with van der Waals surface area (Å²) in [7, 11) is 1.70. The third-order valence-electron chi connectivity index (χ3n) is 2.68. The molecule has 1 aliphatic rings. The van der Waals surface area contributed by atoms with Crippen LogP contribution >= 0.6 is 0 Å². The molecular formula is C12H14N4O2. The molecule has 0 bridgehead atoms. The Kier molecular flexibility index (Phi) is 3.38. The molecule has 2 rings (SSSR count). The molecule has 0 aliphatic carbocycles. The van der Waals surface area contributed by atoms with Crippen molar-refractivity contribution in [1.82, 2.24) is 10.2 Å². The van der Waals surface area contributed by atoms with Gasteiger partial charge in [0.1, 0.15) is 0 Å². The predicted molar refractivity (Wildman–Crippen MR) is 66.5 cm³/mol. The highest BCUT2D eigenvalue weighted by molar-refractivity contribution is 6.17. The van der Waals surface area contributed by atoms with E-state index in [0.717, 1.165) is 5.56 Å². The van der Waals surface area contributed by atoms with Crippen molar-refractivity contribution in [2.45, 2.75) is 12.6 Å². The summed E-state index contributed by atoms with van der Waals surface area (Å²) in [6, 6.07) is 8.66. The van der Waals surface area contributed by atoms with Crippen molar-refractivity contribution in [3.05, 3.63) is 35.9 Å². The Hall–Kier alpha value is -2.21. The van der Waals surface area contributed by atoms with Gasteiger partial charge in [-0.2, -0.15) is 4.99 Å². The van der Waals surface area contributed by atoms with Gasteiger partial charge < -0.3 is 5.73 Å². The van der Waals surface area contributed by atoms with E-state index in [2.05, 4.69) is 10.3 Å². The van der Waals surface area contributed by atoms with Crippen molar-refractivity contribution in [2.75, 3.05) is 7.05 Å². The summed E-state index contributed by atoms with van der Waals surface area (Å²) >= 11 is 0. The van der Waals surface area contributed by atoms with Gasteiger partial charge in [0.05, 0.1) is 0 Å². The zero-order chi connectivity index (χ0) is 13.1. The van der Waals surface area contributed by atoms with Crippen LogP contribution in [0.25, 0.3) is 0 Å². The quantitative estimate of drug-likeness (QED) is 0.701. The van der Waals surface area contributed by atoms with Crippen LogP contribution < -0.4 is 11.1 Å². The van der Waals surface area contributed by atoms with E-state index in [4.69, 9.17) is 5.73 Å². The van der Waals surface area contributed by atoms with Crippen LogP contribution in [0.4, 0.5) is 0 Å². The number of carbonyl (C=O) groups is 2. The van der Waals surface area contributed by atoms with E-state index in [1.165, 1.54) is 0 Å². The van der Waals surface area contributed by atoms with E-state index in [1.54, 1.807) is 11.9 Å². The summed E-state index contributed by atoms with van der Waals surface area (Å²) in [6.45, 7) is 0.486. The van der Waals surface area contributed by atoms with E-state index in [9.17, 15) is 9.59 Å². The lowest BCUT2D eigenvalue weighted by Gasteiger charge is -2.26. The first-order valence-electron chi connectivity index (χ1n) is 5.51. The molecule has 3 N–H and O–H groups in total. The average molecular weight is 246 g/mol. The van der Waals surface area contributed by atoms with E-state index < -0.39 is 17.9 Å². The smallest absolute Gasteiger partial charge is 0.275 e. The number of benzene rings is 1. The van der Waals surface area contributed by atoms with Crippen molar-refractivity contribution in [3.63, 3.8) is 0 Å². The summed E-state index contributed by atoms with van der Waals surface area (Å²) in [4.78, 5) is 28.6.